The van der Waals surface area contributed by atoms with Crippen molar-refractivity contribution in [3.63, 3.8) is 0 Å². The predicted molar refractivity (Wildman–Crippen MR) is 117 cm³/mol. The number of aliphatic carboxylic acids is 1. The third-order valence-corrected chi connectivity index (χ3v) is 5.64. The second-order valence-electron chi connectivity index (χ2n) is 7.95. The van der Waals surface area contributed by atoms with Crippen molar-refractivity contribution in [2.24, 2.45) is 0 Å². The van der Waals surface area contributed by atoms with Crippen LogP contribution in [-0.4, -0.2) is 11.1 Å². The van der Waals surface area contributed by atoms with Gasteiger partial charge < -0.3 is 5.11 Å². The molecule has 0 amide bonds. The molecule has 0 radical (unpaired) electrons. The lowest BCUT2D eigenvalue weighted by molar-refractivity contribution is -0.139. The molecule has 0 spiro atoms. The fourth-order valence-electron chi connectivity index (χ4n) is 3.91. The largest absolute Gasteiger partial charge is 0.481 e. The number of benzene rings is 3. The molecule has 0 heterocycles. The molecule has 0 fully saturated rings. The number of rotatable bonds is 7. The first kappa shape index (κ1) is 25.3. The molecule has 2 nitrogen and oxygen atoms in total. The summed E-state index contributed by atoms with van der Waals surface area (Å²) in [6, 6.07) is 13.6. The minimum absolute atomic E-state index is 0.315. The Morgan fingerprint density at radius 2 is 1.29 bits per heavy atom. The van der Waals surface area contributed by atoms with Crippen molar-refractivity contribution in [1.29, 1.82) is 0 Å². The van der Waals surface area contributed by atoms with E-state index in [2.05, 4.69) is 0 Å². The number of unbranched alkanes of at least 4 members (excludes halogenated alkanes) is 1. The molecule has 3 aromatic carbocycles. The van der Waals surface area contributed by atoms with Gasteiger partial charge in [0, 0.05) is 0 Å². The number of carboxylic acid groups (broad SMARTS) is 1. The lowest BCUT2D eigenvalue weighted by atomic mass is 9.83. The van der Waals surface area contributed by atoms with Gasteiger partial charge in [-0.05, 0) is 58.5 Å². The van der Waals surface area contributed by atoms with E-state index in [4.69, 9.17) is 0 Å². The smallest absolute Gasteiger partial charge is 0.416 e. The van der Waals surface area contributed by atoms with Gasteiger partial charge >= 0.3 is 18.3 Å². The molecule has 1 unspecified atom stereocenters. The van der Waals surface area contributed by atoms with E-state index >= 15 is 0 Å². The molecule has 0 aliphatic carbocycles. The van der Waals surface area contributed by atoms with Gasteiger partial charge in [0.2, 0.25) is 0 Å². The first-order valence-corrected chi connectivity index (χ1v) is 10.6. The molecule has 3 rings (SSSR count). The zero-order valence-electron chi connectivity index (χ0n) is 18.2. The summed E-state index contributed by atoms with van der Waals surface area (Å²) in [5.74, 6) is -2.00. The average Bonchev–Trinajstić information content (AvgIpc) is 2.78. The van der Waals surface area contributed by atoms with E-state index in [-0.39, 0.29) is 0 Å². The van der Waals surface area contributed by atoms with Crippen LogP contribution in [0.3, 0.4) is 0 Å². The maximum atomic E-state index is 13.1. The summed E-state index contributed by atoms with van der Waals surface area (Å²) in [6.07, 6.45) is -7.38. The van der Waals surface area contributed by atoms with E-state index in [1.165, 1.54) is 24.3 Å². The molecule has 0 aromatic heterocycles. The summed E-state index contributed by atoms with van der Waals surface area (Å²) in [5, 5.41) is 9.89. The molecule has 0 aliphatic rings. The van der Waals surface area contributed by atoms with Gasteiger partial charge in [-0.15, -0.1) is 0 Å². The van der Waals surface area contributed by atoms with Gasteiger partial charge in [0.05, 0.1) is 17.0 Å². The van der Waals surface area contributed by atoms with Crippen molar-refractivity contribution in [3.8, 4) is 22.3 Å². The summed E-state index contributed by atoms with van der Waals surface area (Å²) >= 11 is 0. The second-order valence-corrected chi connectivity index (χ2v) is 7.95. The van der Waals surface area contributed by atoms with Gasteiger partial charge in [-0.1, -0.05) is 62.2 Å². The molecule has 34 heavy (non-hydrogen) atoms. The molecule has 1 N–H and O–H groups in total. The Kier molecular flexibility index (Phi) is 7.38. The predicted octanol–water partition coefficient (Wildman–Crippen LogP) is 8.42. The third kappa shape index (κ3) is 5.61. The van der Waals surface area contributed by atoms with Gasteiger partial charge in [0.1, 0.15) is 0 Å². The van der Waals surface area contributed by atoms with Gasteiger partial charge in [-0.3, -0.25) is 4.79 Å². The highest BCUT2D eigenvalue weighted by Gasteiger charge is 2.32. The zero-order chi connectivity index (χ0) is 25.1. The molecule has 3 aromatic rings. The number of alkyl halides is 6. The zero-order valence-corrected chi connectivity index (χ0v) is 18.2. The van der Waals surface area contributed by atoms with Crippen LogP contribution in [0.5, 0.6) is 0 Å². The average molecular weight is 480 g/mol. The van der Waals surface area contributed by atoms with Gasteiger partial charge in [-0.25, -0.2) is 0 Å². The van der Waals surface area contributed by atoms with Crippen LogP contribution in [-0.2, 0) is 17.1 Å². The standard InChI is InChI=1S/C26H22F6O2/c1-2-3-5-22(24(33)34)21-7-4-6-20(16-8-12-18(13-9-16)25(27,28)29)23(21)17-10-14-19(15-11-17)26(30,31)32/h4,6-15,22H,2-3,5H2,1H3,(H,33,34). The highest BCUT2D eigenvalue weighted by Crippen LogP contribution is 2.41. The lowest BCUT2D eigenvalue weighted by Crippen LogP contribution is -2.13. The molecular weight excluding hydrogens is 458 g/mol. The number of hydrogen-bond donors (Lipinski definition) is 1. The number of carboxylic acids is 1. The monoisotopic (exact) mass is 480 g/mol. The maximum absolute atomic E-state index is 13.1. The second kappa shape index (κ2) is 9.91. The molecule has 180 valence electrons. The minimum atomic E-state index is -4.54. The van der Waals surface area contributed by atoms with Crippen molar-refractivity contribution >= 4 is 5.97 Å². The first-order chi connectivity index (χ1) is 15.9. The van der Waals surface area contributed by atoms with E-state index < -0.39 is 35.4 Å². The molecule has 0 bridgehead atoms. The molecule has 0 saturated heterocycles. The summed E-state index contributed by atoms with van der Waals surface area (Å²) < 4.78 is 78.3. The Morgan fingerprint density at radius 3 is 1.74 bits per heavy atom. The van der Waals surface area contributed by atoms with Crippen molar-refractivity contribution in [1.82, 2.24) is 0 Å². The Bertz CT molecular complexity index is 1130. The Hall–Kier alpha value is -3.29. The van der Waals surface area contributed by atoms with Gasteiger partial charge in [0.25, 0.3) is 0 Å². The first-order valence-electron chi connectivity index (χ1n) is 10.6. The van der Waals surface area contributed by atoms with E-state index in [0.717, 1.165) is 30.7 Å². The fourth-order valence-corrected chi connectivity index (χ4v) is 3.91. The van der Waals surface area contributed by atoms with Crippen LogP contribution in [0.1, 0.15) is 48.8 Å². The van der Waals surface area contributed by atoms with Gasteiger partial charge in [0.15, 0.2) is 0 Å². The van der Waals surface area contributed by atoms with Crippen LogP contribution in [0, 0.1) is 0 Å². The summed E-state index contributed by atoms with van der Waals surface area (Å²) in [4.78, 5) is 12.1. The SMILES string of the molecule is CCCCC(C(=O)O)c1cccc(-c2ccc(C(F)(F)F)cc2)c1-c1ccc(C(F)(F)F)cc1. The third-order valence-electron chi connectivity index (χ3n) is 5.64. The highest BCUT2D eigenvalue weighted by molar-refractivity contribution is 5.90. The fraction of sp³-hybridized carbons (Fsp3) is 0.269. The van der Waals surface area contributed by atoms with E-state index in [0.29, 0.717) is 40.7 Å². The lowest BCUT2D eigenvalue weighted by Gasteiger charge is -2.21. The summed E-state index contributed by atoms with van der Waals surface area (Å²) in [6.45, 7) is 1.91. The van der Waals surface area contributed by atoms with E-state index in [9.17, 15) is 36.2 Å². The van der Waals surface area contributed by atoms with Crippen LogP contribution in [0.15, 0.2) is 66.7 Å². The highest BCUT2D eigenvalue weighted by atomic mass is 19.4. The van der Waals surface area contributed by atoms with Crippen LogP contribution in [0.4, 0.5) is 26.3 Å². The minimum Gasteiger partial charge on any atom is -0.481 e. The molecular formula is C26H22F6O2. The summed E-state index contributed by atoms with van der Waals surface area (Å²) in [7, 11) is 0. The molecule has 0 saturated carbocycles. The van der Waals surface area contributed by atoms with Gasteiger partial charge in [-0.2, -0.15) is 26.3 Å². The van der Waals surface area contributed by atoms with Crippen LogP contribution >= 0.6 is 0 Å². The van der Waals surface area contributed by atoms with Crippen molar-refractivity contribution in [2.75, 3.05) is 0 Å². The topological polar surface area (TPSA) is 37.3 Å². The normalized spacial score (nSPS) is 13.0. The molecule has 1 atom stereocenters. The van der Waals surface area contributed by atoms with Crippen LogP contribution < -0.4 is 0 Å². The van der Waals surface area contributed by atoms with E-state index in [1.54, 1.807) is 18.2 Å². The Balaban J connectivity index is 2.23. The molecule has 8 heteroatoms. The van der Waals surface area contributed by atoms with Crippen LogP contribution in [0.25, 0.3) is 22.3 Å². The number of halogens is 6. The molecule has 0 aliphatic heterocycles. The summed E-state index contributed by atoms with van der Waals surface area (Å²) in [5.41, 5.74) is 0.275. The van der Waals surface area contributed by atoms with Crippen molar-refractivity contribution in [2.45, 2.75) is 44.5 Å². The quantitative estimate of drug-likeness (QED) is 0.345. The van der Waals surface area contributed by atoms with Crippen molar-refractivity contribution < 1.29 is 36.2 Å². The number of hydrogen-bond acceptors (Lipinski definition) is 1. The Labute approximate surface area is 192 Å². The van der Waals surface area contributed by atoms with Crippen molar-refractivity contribution in [3.05, 3.63) is 83.4 Å². The Morgan fingerprint density at radius 1 is 0.794 bits per heavy atom. The van der Waals surface area contributed by atoms with E-state index in [1.807, 2.05) is 6.92 Å². The van der Waals surface area contributed by atoms with Crippen LogP contribution in [0.2, 0.25) is 0 Å². The maximum Gasteiger partial charge on any atom is 0.416 e. The number of carbonyl (C=O) groups is 1.